The summed E-state index contributed by atoms with van der Waals surface area (Å²) in [6.45, 7) is 1.53. The average Bonchev–Trinajstić information content (AvgIpc) is 2.11. The zero-order chi connectivity index (χ0) is 10.7. The smallest absolute Gasteiger partial charge is 0.214 e. The largest absolute Gasteiger partial charge is 0.398 e. The van der Waals surface area contributed by atoms with Gasteiger partial charge in [-0.1, -0.05) is 6.07 Å². The predicted molar refractivity (Wildman–Crippen MR) is 55.4 cm³/mol. The van der Waals surface area contributed by atoms with Crippen LogP contribution >= 0.6 is 0 Å². The van der Waals surface area contributed by atoms with Crippen LogP contribution in [0.15, 0.2) is 18.2 Å². The van der Waals surface area contributed by atoms with Gasteiger partial charge in [0.05, 0.1) is 0 Å². The van der Waals surface area contributed by atoms with Crippen LogP contribution < -0.4 is 11.5 Å². The first-order valence-electron chi connectivity index (χ1n) is 4.28. The van der Waals surface area contributed by atoms with Crippen molar-refractivity contribution in [3.8, 4) is 0 Å². The van der Waals surface area contributed by atoms with Gasteiger partial charge in [0.2, 0.25) is 6.04 Å². The molecule has 1 atom stereocenters. The van der Waals surface area contributed by atoms with Gasteiger partial charge in [-0.3, -0.25) is 10.1 Å². The molecule has 0 heterocycles. The molecule has 5 nitrogen and oxygen atoms in total. The van der Waals surface area contributed by atoms with Gasteiger partial charge in [0.15, 0.2) is 0 Å². The Labute approximate surface area is 81.9 Å². The Hall–Kier alpha value is -1.78. The van der Waals surface area contributed by atoms with Gasteiger partial charge in [-0.25, -0.2) is 0 Å². The van der Waals surface area contributed by atoms with Crippen molar-refractivity contribution < 1.29 is 4.92 Å². The van der Waals surface area contributed by atoms with Gasteiger partial charge in [0.25, 0.3) is 0 Å². The van der Waals surface area contributed by atoms with Crippen LogP contribution in [0.5, 0.6) is 0 Å². The summed E-state index contributed by atoms with van der Waals surface area (Å²) >= 11 is 0. The third kappa shape index (κ3) is 2.12. The van der Waals surface area contributed by atoms with Gasteiger partial charge in [0, 0.05) is 35.2 Å². The van der Waals surface area contributed by atoms with Crippen LogP contribution in [-0.2, 0) is 6.42 Å². The number of nitro groups is 1. The fraction of sp³-hybridized carbons (Fsp3) is 0.333. The topological polar surface area (TPSA) is 95.2 Å². The Bertz CT molecular complexity index is 332. The van der Waals surface area contributed by atoms with Crippen LogP contribution in [0.4, 0.5) is 11.4 Å². The monoisotopic (exact) mass is 195 g/mol. The molecule has 0 aliphatic rings. The SMILES string of the molecule is CC(Cc1c(N)cccc1N)[N+](=O)[O-]. The number of hydrogen-bond acceptors (Lipinski definition) is 4. The van der Waals surface area contributed by atoms with E-state index in [1.54, 1.807) is 18.2 Å². The first kappa shape index (κ1) is 10.3. The molecule has 0 spiro atoms. The molecular formula is C9H13N3O2. The number of nitrogens with zero attached hydrogens (tertiary/aromatic N) is 1. The summed E-state index contributed by atoms with van der Waals surface area (Å²) in [6, 6.07) is 4.45. The van der Waals surface area contributed by atoms with Gasteiger partial charge in [-0.15, -0.1) is 0 Å². The van der Waals surface area contributed by atoms with Crippen LogP contribution in [0.2, 0.25) is 0 Å². The Morgan fingerprint density at radius 2 is 1.93 bits per heavy atom. The normalized spacial score (nSPS) is 12.4. The minimum absolute atomic E-state index is 0.269. The number of hydrogen-bond donors (Lipinski definition) is 2. The highest BCUT2D eigenvalue weighted by molar-refractivity contribution is 5.61. The Kier molecular flexibility index (Phi) is 2.91. The second-order valence-corrected chi connectivity index (χ2v) is 3.25. The zero-order valence-electron chi connectivity index (χ0n) is 7.93. The molecule has 0 saturated carbocycles. The van der Waals surface area contributed by atoms with E-state index < -0.39 is 6.04 Å². The summed E-state index contributed by atoms with van der Waals surface area (Å²) in [7, 11) is 0. The van der Waals surface area contributed by atoms with Crippen LogP contribution in [0.3, 0.4) is 0 Å². The van der Waals surface area contributed by atoms with E-state index in [4.69, 9.17) is 11.5 Å². The third-order valence-corrected chi connectivity index (χ3v) is 2.11. The van der Waals surface area contributed by atoms with Gasteiger partial charge in [-0.05, 0) is 12.1 Å². The van der Waals surface area contributed by atoms with Gasteiger partial charge < -0.3 is 11.5 Å². The Balaban J connectivity index is 2.91. The second kappa shape index (κ2) is 3.95. The number of anilines is 2. The van der Waals surface area contributed by atoms with Gasteiger partial charge in [-0.2, -0.15) is 0 Å². The molecule has 4 N–H and O–H groups in total. The molecule has 76 valence electrons. The summed E-state index contributed by atoms with van der Waals surface area (Å²) in [5.41, 5.74) is 13.0. The summed E-state index contributed by atoms with van der Waals surface area (Å²) in [4.78, 5) is 10.1. The van der Waals surface area contributed by atoms with E-state index in [0.29, 0.717) is 16.9 Å². The lowest BCUT2D eigenvalue weighted by Gasteiger charge is -2.09. The summed E-state index contributed by atoms with van der Waals surface area (Å²) in [5.74, 6) is 0. The van der Waals surface area contributed by atoms with Crippen molar-refractivity contribution in [2.75, 3.05) is 11.5 Å². The number of nitrogen functional groups attached to an aromatic ring is 2. The van der Waals surface area contributed by atoms with Crippen molar-refractivity contribution in [3.63, 3.8) is 0 Å². The van der Waals surface area contributed by atoms with E-state index in [0.717, 1.165) is 0 Å². The van der Waals surface area contributed by atoms with Crippen molar-refractivity contribution in [1.29, 1.82) is 0 Å². The lowest BCUT2D eigenvalue weighted by molar-refractivity contribution is -0.517. The summed E-state index contributed by atoms with van der Waals surface area (Å²) < 4.78 is 0. The van der Waals surface area contributed by atoms with Crippen LogP contribution in [0, 0.1) is 10.1 Å². The maximum atomic E-state index is 10.5. The maximum absolute atomic E-state index is 10.5. The highest BCUT2D eigenvalue weighted by Gasteiger charge is 2.16. The quantitative estimate of drug-likeness (QED) is 0.428. The molecule has 1 aromatic rings. The molecule has 1 aromatic carbocycles. The lowest BCUT2D eigenvalue weighted by Crippen LogP contribution is -2.19. The van der Waals surface area contributed by atoms with Crippen LogP contribution in [-0.4, -0.2) is 11.0 Å². The first-order valence-corrected chi connectivity index (χ1v) is 4.28. The minimum Gasteiger partial charge on any atom is -0.398 e. The molecule has 1 unspecified atom stereocenters. The van der Waals surface area contributed by atoms with E-state index >= 15 is 0 Å². The number of nitrogens with two attached hydrogens (primary N) is 2. The molecule has 0 bridgehead atoms. The summed E-state index contributed by atoms with van der Waals surface area (Å²) in [5, 5.41) is 10.5. The van der Waals surface area contributed by atoms with Crippen molar-refractivity contribution in [3.05, 3.63) is 33.9 Å². The average molecular weight is 195 g/mol. The Morgan fingerprint density at radius 3 is 2.36 bits per heavy atom. The first-order chi connectivity index (χ1) is 6.52. The van der Waals surface area contributed by atoms with Crippen LogP contribution in [0.25, 0.3) is 0 Å². The molecule has 14 heavy (non-hydrogen) atoms. The van der Waals surface area contributed by atoms with E-state index in [9.17, 15) is 10.1 Å². The van der Waals surface area contributed by atoms with Gasteiger partial charge in [0.1, 0.15) is 0 Å². The van der Waals surface area contributed by atoms with Gasteiger partial charge >= 0.3 is 0 Å². The highest BCUT2D eigenvalue weighted by Crippen LogP contribution is 2.21. The van der Waals surface area contributed by atoms with E-state index in [2.05, 4.69) is 0 Å². The van der Waals surface area contributed by atoms with Crippen molar-refractivity contribution in [2.24, 2.45) is 0 Å². The van der Waals surface area contributed by atoms with Crippen molar-refractivity contribution in [2.45, 2.75) is 19.4 Å². The molecular weight excluding hydrogens is 182 g/mol. The highest BCUT2D eigenvalue weighted by atomic mass is 16.6. The molecule has 0 aromatic heterocycles. The number of benzene rings is 1. The number of rotatable bonds is 3. The fourth-order valence-electron chi connectivity index (χ4n) is 1.23. The van der Waals surface area contributed by atoms with E-state index in [-0.39, 0.29) is 11.3 Å². The third-order valence-electron chi connectivity index (χ3n) is 2.11. The predicted octanol–water partition coefficient (Wildman–Crippen LogP) is 1.06. The van der Waals surface area contributed by atoms with E-state index in [1.807, 2.05) is 0 Å². The molecule has 0 fully saturated rings. The van der Waals surface area contributed by atoms with E-state index in [1.165, 1.54) is 6.92 Å². The lowest BCUT2D eigenvalue weighted by atomic mass is 10.0. The molecule has 0 saturated heterocycles. The Morgan fingerprint density at radius 1 is 1.43 bits per heavy atom. The molecule has 0 radical (unpaired) electrons. The second-order valence-electron chi connectivity index (χ2n) is 3.25. The molecule has 0 aliphatic carbocycles. The molecule has 5 heteroatoms. The summed E-state index contributed by atoms with van der Waals surface area (Å²) in [6.07, 6.45) is 0.269. The standard InChI is InChI=1S/C9H13N3O2/c1-6(12(13)14)5-7-8(10)3-2-4-9(7)11/h2-4,6H,5,10-11H2,1H3. The minimum atomic E-state index is -0.665. The van der Waals surface area contributed by atoms with Crippen molar-refractivity contribution in [1.82, 2.24) is 0 Å². The zero-order valence-corrected chi connectivity index (χ0v) is 7.93. The van der Waals surface area contributed by atoms with Crippen LogP contribution in [0.1, 0.15) is 12.5 Å². The van der Waals surface area contributed by atoms with Crippen molar-refractivity contribution >= 4 is 11.4 Å². The molecule has 0 amide bonds. The maximum Gasteiger partial charge on any atom is 0.214 e. The molecule has 1 rings (SSSR count). The fourth-order valence-corrected chi connectivity index (χ4v) is 1.23. The molecule has 0 aliphatic heterocycles.